The number of hydrogen-bond donors (Lipinski definition) is 1. The Labute approximate surface area is 281 Å². The number of ether oxygens (including phenoxy) is 1. The predicted molar refractivity (Wildman–Crippen MR) is 188 cm³/mol. The van der Waals surface area contributed by atoms with Crippen molar-refractivity contribution >= 4 is 11.9 Å². The fourth-order valence-electron chi connectivity index (χ4n) is 13.2. The molecule has 5 saturated carbocycles. The normalized spacial score (nSPS) is 41.5. The molecule has 10 atom stereocenters. The molecule has 7 rings (SSSR count). The van der Waals surface area contributed by atoms with Crippen molar-refractivity contribution in [3.05, 3.63) is 35.4 Å². The Hall–Kier alpha value is -2.28. The summed E-state index contributed by atoms with van der Waals surface area (Å²) in [6, 6.07) is 8.98. The molecule has 4 heteroatoms. The summed E-state index contributed by atoms with van der Waals surface area (Å²) in [5, 5.41) is 3.66. The van der Waals surface area contributed by atoms with E-state index in [9.17, 15) is 9.59 Å². The second-order valence-electron chi connectivity index (χ2n) is 16.8. The van der Waals surface area contributed by atoms with Crippen molar-refractivity contribution in [2.24, 2.45) is 51.2 Å². The molecule has 0 bridgehead atoms. The summed E-state index contributed by atoms with van der Waals surface area (Å²) in [5.41, 5.74) is 3.31. The van der Waals surface area contributed by atoms with E-state index in [1.54, 1.807) is 6.92 Å². The van der Waals surface area contributed by atoms with E-state index in [0.29, 0.717) is 34.5 Å². The van der Waals surface area contributed by atoms with Crippen LogP contribution in [0.15, 0.2) is 24.3 Å². The van der Waals surface area contributed by atoms with Gasteiger partial charge in [-0.05, 0) is 135 Å². The molecule has 0 radical (unpaired) electrons. The van der Waals surface area contributed by atoms with Crippen LogP contribution >= 0.6 is 0 Å². The third-order valence-electron chi connectivity index (χ3n) is 14.9. The van der Waals surface area contributed by atoms with Gasteiger partial charge in [0.15, 0.2) is 0 Å². The van der Waals surface area contributed by atoms with Crippen LogP contribution in [0.1, 0.15) is 149 Å². The zero-order valence-electron chi connectivity index (χ0n) is 30.1. The van der Waals surface area contributed by atoms with Gasteiger partial charge in [0.05, 0.1) is 11.5 Å². The minimum absolute atomic E-state index is 0.0137. The molecule has 6 aliphatic carbocycles. The molecule has 254 valence electrons. The minimum atomic E-state index is -0.151. The third kappa shape index (κ3) is 5.44. The van der Waals surface area contributed by atoms with Gasteiger partial charge < -0.3 is 10.1 Å². The second kappa shape index (κ2) is 13.3. The first-order valence-corrected chi connectivity index (χ1v) is 18.9. The highest BCUT2D eigenvalue weighted by Gasteiger charge is 2.67. The molecule has 4 nitrogen and oxygen atoms in total. The van der Waals surface area contributed by atoms with Gasteiger partial charge >= 0.3 is 5.97 Å². The van der Waals surface area contributed by atoms with Crippen LogP contribution in [0.2, 0.25) is 0 Å². The van der Waals surface area contributed by atoms with Crippen molar-refractivity contribution in [2.45, 2.75) is 151 Å². The van der Waals surface area contributed by atoms with Gasteiger partial charge in [-0.3, -0.25) is 9.59 Å². The first kappa shape index (κ1) is 35.0. The smallest absolute Gasteiger partial charge is 0.302 e. The van der Waals surface area contributed by atoms with Crippen LogP contribution in [-0.4, -0.2) is 18.0 Å². The molecular weight excluding hydrogens is 566 g/mol. The van der Waals surface area contributed by atoms with Gasteiger partial charge in [0, 0.05) is 12.3 Å². The molecule has 6 aliphatic rings. The quantitative estimate of drug-likeness (QED) is 0.267. The summed E-state index contributed by atoms with van der Waals surface area (Å²) < 4.78 is 5.93. The van der Waals surface area contributed by atoms with Crippen molar-refractivity contribution in [3.63, 3.8) is 0 Å². The van der Waals surface area contributed by atoms with Crippen molar-refractivity contribution < 1.29 is 14.3 Å². The van der Waals surface area contributed by atoms with Crippen LogP contribution in [0.5, 0.6) is 0 Å². The number of hydrogen-bond acceptors (Lipinski definition) is 3. The van der Waals surface area contributed by atoms with E-state index < -0.39 is 0 Å². The minimum Gasteiger partial charge on any atom is -0.462 e. The molecular formula is C42H63NO3. The maximum Gasteiger partial charge on any atom is 0.302 e. The molecule has 0 heterocycles. The maximum absolute atomic E-state index is 14.4. The summed E-state index contributed by atoms with van der Waals surface area (Å²) in [5.74, 6) is 3.56. The zero-order chi connectivity index (χ0) is 33.5. The molecule has 10 unspecified atom stereocenters. The fraction of sp³-hybridized carbons (Fsp3) is 0.762. The van der Waals surface area contributed by atoms with Crippen molar-refractivity contribution in [2.75, 3.05) is 0 Å². The van der Waals surface area contributed by atoms with Crippen LogP contribution in [0.3, 0.4) is 0 Å². The van der Waals surface area contributed by atoms with Gasteiger partial charge in [0.25, 0.3) is 0 Å². The SMILES string of the molecule is C#C.CC.CC(=O)OC1CCC2(C)C(CCC3(C)C4CCC5(C(=O)NC6CCCc7ccccc76)CCCC5C4CCC32)C1(C)C. The van der Waals surface area contributed by atoms with E-state index in [1.165, 1.54) is 68.9 Å². The number of fused-ring (bicyclic) bond motifs is 8. The molecule has 0 saturated heterocycles. The summed E-state index contributed by atoms with van der Waals surface area (Å²) >= 11 is 0. The van der Waals surface area contributed by atoms with E-state index in [0.717, 1.165) is 43.9 Å². The summed E-state index contributed by atoms with van der Waals surface area (Å²) in [6.45, 7) is 15.6. The first-order valence-electron chi connectivity index (χ1n) is 18.9. The molecule has 0 spiro atoms. The summed E-state index contributed by atoms with van der Waals surface area (Å²) in [6.07, 6.45) is 24.6. The predicted octanol–water partition coefficient (Wildman–Crippen LogP) is 9.85. The Kier molecular flexibility index (Phi) is 10.1. The number of rotatable bonds is 3. The lowest BCUT2D eigenvalue weighted by Crippen LogP contribution is -2.64. The van der Waals surface area contributed by atoms with Crippen molar-refractivity contribution in [3.8, 4) is 12.8 Å². The standard InChI is InChI=1S/C38H55NO3.C2H6.C2H2/c1-24(40)42-33-19-22-37(5)31(35(33,2)3)18-21-36(4)28-17-23-38(20-9-13-29(38)27(28)15-16-32(36)37)34(41)39-30-14-8-11-25-10-6-7-12-26(25)30;2*1-2/h6-7,10,12,27-33H,8-9,11,13-23H2,1-5H3,(H,39,41);1-2H3;1-2H. The van der Waals surface area contributed by atoms with E-state index in [4.69, 9.17) is 4.74 Å². The van der Waals surface area contributed by atoms with Gasteiger partial charge in [-0.25, -0.2) is 0 Å². The highest BCUT2D eigenvalue weighted by Crippen LogP contribution is 2.73. The topological polar surface area (TPSA) is 55.4 Å². The second-order valence-corrected chi connectivity index (χ2v) is 16.8. The Bertz CT molecular complexity index is 1280. The van der Waals surface area contributed by atoms with Crippen molar-refractivity contribution in [1.82, 2.24) is 5.32 Å². The van der Waals surface area contributed by atoms with Crippen LogP contribution in [0.25, 0.3) is 0 Å². The van der Waals surface area contributed by atoms with E-state index in [2.05, 4.69) is 70.1 Å². The number of nitrogens with one attached hydrogen (secondary N) is 1. The number of benzene rings is 1. The molecule has 5 fully saturated rings. The summed E-state index contributed by atoms with van der Waals surface area (Å²) in [7, 11) is 0. The monoisotopic (exact) mass is 629 g/mol. The Morgan fingerprint density at radius 2 is 1.50 bits per heavy atom. The van der Waals surface area contributed by atoms with Crippen LogP contribution < -0.4 is 5.32 Å². The number of esters is 1. The number of carbonyl (C=O) groups excluding carboxylic acids is 2. The van der Waals surface area contributed by atoms with Crippen LogP contribution in [0, 0.1) is 64.1 Å². The lowest BCUT2D eigenvalue weighted by atomic mass is 9.36. The van der Waals surface area contributed by atoms with Gasteiger partial charge in [-0.15, -0.1) is 12.8 Å². The number of aryl methyl sites for hydroxylation is 1. The van der Waals surface area contributed by atoms with Gasteiger partial charge in [-0.1, -0.05) is 72.2 Å². The molecule has 1 N–H and O–H groups in total. The van der Waals surface area contributed by atoms with E-state index in [-0.39, 0.29) is 28.9 Å². The highest BCUT2D eigenvalue weighted by molar-refractivity contribution is 5.84. The molecule has 1 amide bonds. The maximum atomic E-state index is 14.4. The van der Waals surface area contributed by atoms with E-state index >= 15 is 0 Å². The molecule has 46 heavy (non-hydrogen) atoms. The van der Waals surface area contributed by atoms with Gasteiger partial charge in [-0.2, -0.15) is 0 Å². The Balaban J connectivity index is 0.00000100. The first-order chi connectivity index (χ1) is 22.0. The molecule has 1 aromatic carbocycles. The number of carbonyl (C=O) groups is 2. The van der Waals surface area contributed by atoms with Crippen LogP contribution in [0.4, 0.5) is 0 Å². The largest absolute Gasteiger partial charge is 0.462 e. The number of terminal acetylenes is 1. The van der Waals surface area contributed by atoms with Gasteiger partial charge in [0.1, 0.15) is 6.10 Å². The number of amides is 1. The average Bonchev–Trinajstić information content (AvgIpc) is 3.50. The summed E-state index contributed by atoms with van der Waals surface area (Å²) in [4.78, 5) is 26.3. The molecule has 0 aliphatic heterocycles. The van der Waals surface area contributed by atoms with Crippen LogP contribution in [-0.2, 0) is 20.7 Å². The average molecular weight is 630 g/mol. The zero-order valence-corrected chi connectivity index (χ0v) is 30.1. The Morgan fingerprint density at radius 3 is 2.24 bits per heavy atom. The fourth-order valence-corrected chi connectivity index (χ4v) is 13.2. The van der Waals surface area contributed by atoms with Gasteiger partial charge in [0.2, 0.25) is 5.91 Å². The lowest BCUT2D eigenvalue weighted by Gasteiger charge is -2.69. The lowest BCUT2D eigenvalue weighted by molar-refractivity contribution is -0.220. The molecule has 1 aromatic rings. The Morgan fingerprint density at radius 1 is 0.783 bits per heavy atom. The van der Waals surface area contributed by atoms with Crippen molar-refractivity contribution in [1.29, 1.82) is 0 Å². The molecule has 0 aromatic heterocycles. The highest BCUT2D eigenvalue weighted by atomic mass is 16.5. The third-order valence-corrected chi connectivity index (χ3v) is 14.9. The van der Waals surface area contributed by atoms with E-state index in [1.807, 2.05) is 13.8 Å².